The summed E-state index contributed by atoms with van der Waals surface area (Å²) < 4.78 is 1.85. The standard InChI is InChI=1S/C16H24N4/c1-13(2)10-17-7-4-5-15-11-19-20(12-15)16-9-14(3)6-8-18-16/h6,8-9,11-13,17H,4-5,7,10H2,1-3H3. The molecule has 20 heavy (non-hydrogen) atoms. The average Bonchev–Trinajstić information content (AvgIpc) is 2.87. The fraction of sp³-hybridized carbons (Fsp3) is 0.500. The van der Waals surface area contributed by atoms with Crippen LogP contribution in [0.3, 0.4) is 0 Å². The Labute approximate surface area is 121 Å². The molecule has 108 valence electrons. The van der Waals surface area contributed by atoms with Gasteiger partial charge in [-0.25, -0.2) is 9.67 Å². The second kappa shape index (κ2) is 7.20. The van der Waals surface area contributed by atoms with E-state index in [0.29, 0.717) is 5.92 Å². The smallest absolute Gasteiger partial charge is 0.153 e. The van der Waals surface area contributed by atoms with E-state index in [9.17, 15) is 0 Å². The van der Waals surface area contributed by atoms with Crippen molar-refractivity contribution in [1.29, 1.82) is 0 Å². The number of aryl methyl sites for hydroxylation is 2. The lowest BCUT2D eigenvalue weighted by atomic mass is 10.2. The summed E-state index contributed by atoms with van der Waals surface area (Å²) in [5.74, 6) is 1.60. The van der Waals surface area contributed by atoms with Crippen molar-refractivity contribution in [3.63, 3.8) is 0 Å². The lowest BCUT2D eigenvalue weighted by molar-refractivity contribution is 0.543. The third-order valence-corrected chi connectivity index (χ3v) is 3.14. The zero-order valence-corrected chi connectivity index (χ0v) is 12.6. The summed E-state index contributed by atoms with van der Waals surface area (Å²) >= 11 is 0. The van der Waals surface area contributed by atoms with Crippen molar-refractivity contribution in [3.8, 4) is 5.82 Å². The van der Waals surface area contributed by atoms with Crippen molar-refractivity contribution in [1.82, 2.24) is 20.1 Å². The molecule has 2 heterocycles. The molecule has 2 rings (SSSR count). The number of nitrogens with one attached hydrogen (secondary N) is 1. The van der Waals surface area contributed by atoms with E-state index in [4.69, 9.17) is 0 Å². The van der Waals surface area contributed by atoms with Gasteiger partial charge in [-0.15, -0.1) is 0 Å². The minimum atomic E-state index is 0.713. The van der Waals surface area contributed by atoms with Crippen molar-refractivity contribution in [2.45, 2.75) is 33.6 Å². The zero-order valence-electron chi connectivity index (χ0n) is 12.6. The molecule has 0 unspecified atom stereocenters. The third-order valence-electron chi connectivity index (χ3n) is 3.14. The highest BCUT2D eigenvalue weighted by Gasteiger charge is 2.02. The summed E-state index contributed by atoms with van der Waals surface area (Å²) in [6.07, 6.45) is 8.02. The number of nitrogens with zero attached hydrogens (tertiary/aromatic N) is 3. The Balaban J connectivity index is 1.83. The Morgan fingerprint density at radius 3 is 2.95 bits per heavy atom. The molecule has 0 radical (unpaired) electrons. The molecule has 0 atom stereocenters. The normalized spacial score (nSPS) is 11.2. The van der Waals surface area contributed by atoms with Crippen LogP contribution in [0.15, 0.2) is 30.7 Å². The molecule has 4 heteroatoms. The Hall–Kier alpha value is -1.68. The minimum Gasteiger partial charge on any atom is -0.316 e. The maximum atomic E-state index is 4.39. The second-order valence-electron chi connectivity index (χ2n) is 5.69. The van der Waals surface area contributed by atoms with E-state index in [2.05, 4.69) is 42.4 Å². The van der Waals surface area contributed by atoms with Gasteiger partial charge in [0.1, 0.15) is 0 Å². The molecule has 4 nitrogen and oxygen atoms in total. The number of pyridine rings is 1. The van der Waals surface area contributed by atoms with Crippen molar-refractivity contribution in [2.24, 2.45) is 5.92 Å². The Kier molecular flexibility index (Phi) is 5.30. The molecular formula is C16H24N4. The van der Waals surface area contributed by atoms with Crippen LogP contribution in [-0.2, 0) is 6.42 Å². The molecule has 0 aliphatic carbocycles. The van der Waals surface area contributed by atoms with Gasteiger partial charge in [0, 0.05) is 12.4 Å². The molecule has 0 fully saturated rings. The molecule has 2 aromatic heterocycles. The quantitative estimate of drug-likeness (QED) is 0.788. The second-order valence-corrected chi connectivity index (χ2v) is 5.69. The largest absolute Gasteiger partial charge is 0.316 e. The lowest BCUT2D eigenvalue weighted by Gasteiger charge is -2.06. The summed E-state index contributed by atoms with van der Waals surface area (Å²) in [6.45, 7) is 8.67. The highest BCUT2D eigenvalue weighted by Crippen LogP contribution is 2.08. The van der Waals surface area contributed by atoms with Crippen LogP contribution in [0.2, 0.25) is 0 Å². The maximum absolute atomic E-state index is 4.39. The average molecular weight is 272 g/mol. The van der Waals surface area contributed by atoms with Crippen LogP contribution in [0, 0.1) is 12.8 Å². The molecule has 0 aliphatic rings. The first-order chi connectivity index (χ1) is 9.65. The van der Waals surface area contributed by atoms with Gasteiger partial charge in [0.05, 0.1) is 6.20 Å². The first-order valence-electron chi connectivity index (χ1n) is 7.32. The molecule has 0 amide bonds. The summed E-state index contributed by atoms with van der Waals surface area (Å²) in [7, 11) is 0. The molecule has 0 aliphatic heterocycles. The number of rotatable bonds is 7. The van der Waals surface area contributed by atoms with E-state index in [1.54, 1.807) is 0 Å². The van der Waals surface area contributed by atoms with E-state index in [1.807, 2.05) is 29.2 Å². The predicted octanol–water partition coefficient (Wildman–Crippen LogP) is 2.75. The summed E-state index contributed by atoms with van der Waals surface area (Å²) in [5, 5.41) is 7.85. The zero-order chi connectivity index (χ0) is 14.4. The van der Waals surface area contributed by atoms with E-state index in [-0.39, 0.29) is 0 Å². The van der Waals surface area contributed by atoms with Crippen LogP contribution in [-0.4, -0.2) is 27.9 Å². The highest BCUT2D eigenvalue weighted by atomic mass is 15.3. The van der Waals surface area contributed by atoms with Gasteiger partial charge in [-0.2, -0.15) is 5.10 Å². The Morgan fingerprint density at radius 2 is 2.20 bits per heavy atom. The molecule has 0 aromatic carbocycles. The van der Waals surface area contributed by atoms with Crippen LogP contribution in [0.25, 0.3) is 5.82 Å². The van der Waals surface area contributed by atoms with E-state index < -0.39 is 0 Å². The molecule has 1 N–H and O–H groups in total. The third kappa shape index (κ3) is 4.46. The van der Waals surface area contributed by atoms with E-state index >= 15 is 0 Å². The van der Waals surface area contributed by atoms with Gasteiger partial charge in [-0.1, -0.05) is 13.8 Å². The fourth-order valence-electron chi connectivity index (χ4n) is 2.07. The van der Waals surface area contributed by atoms with Crippen LogP contribution >= 0.6 is 0 Å². The highest BCUT2D eigenvalue weighted by molar-refractivity contribution is 5.27. The predicted molar refractivity (Wildman–Crippen MR) is 82.1 cm³/mol. The first kappa shape index (κ1) is 14.7. The van der Waals surface area contributed by atoms with Gasteiger partial charge in [0.25, 0.3) is 0 Å². The first-order valence-corrected chi connectivity index (χ1v) is 7.32. The van der Waals surface area contributed by atoms with Crippen molar-refractivity contribution >= 4 is 0 Å². The van der Waals surface area contributed by atoms with Gasteiger partial charge >= 0.3 is 0 Å². The van der Waals surface area contributed by atoms with Crippen molar-refractivity contribution in [3.05, 3.63) is 41.9 Å². The fourth-order valence-corrected chi connectivity index (χ4v) is 2.07. The lowest BCUT2D eigenvalue weighted by Crippen LogP contribution is -2.20. The molecular weight excluding hydrogens is 248 g/mol. The van der Waals surface area contributed by atoms with Gasteiger partial charge in [0.15, 0.2) is 5.82 Å². The molecule has 0 bridgehead atoms. The summed E-state index contributed by atoms with van der Waals surface area (Å²) in [5.41, 5.74) is 2.46. The van der Waals surface area contributed by atoms with E-state index in [1.165, 1.54) is 11.1 Å². The van der Waals surface area contributed by atoms with Gasteiger partial charge < -0.3 is 5.32 Å². The van der Waals surface area contributed by atoms with Gasteiger partial charge in [-0.3, -0.25) is 0 Å². The minimum absolute atomic E-state index is 0.713. The summed E-state index contributed by atoms with van der Waals surface area (Å²) in [4.78, 5) is 4.34. The summed E-state index contributed by atoms with van der Waals surface area (Å²) in [6, 6.07) is 4.04. The van der Waals surface area contributed by atoms with Crippen LogP contribution in [0.1, 0.15) is 31.4 Å². The molecule has 2 aromatic rings. The van der Waals surface area contributed by atoms with E-state index in [0.717, 1.165) is 31.7 Å². The van der Waals surface area contributed by atoms with Crippen LogP contribution in [0.4, 0.5) is 0 Å². The molecule has 0 saturated heterocycles. The van der Waals surface area contributed by atoms with Gasteiger partial charge in [-0.05, 0) is 62.0 Å². The van der Waals surface area contributed by atoms with Crippen LogP contribution in [0.5, 0.6) is 0 Å². The van der Waals surface area contributed by atoms with Crippen molar-refractivity contribution < 1.29 is 0 Å². The molecule has 0 spiro atoms. The number of aromatic nitrogens is 3. The topological polar surface area (TPSA) is 42.7 Å². The maximum Gasteiger partial charge on any atom is 0.153 e. The number of hydrogen-bond acceptors (Lipinski definition) is 3. The van der Waals surface area contributed by atoms with Crippen molar-refractivity contribution in [2.75, 3.05) is 13.1 Å². The van der Waals surface area contributed by atoms with Crippen LogP contribution < -0.4 is 5.32 Å². The SMILES string of the molecule is Cc1ccnc(-n2cc(CCCNCC(C)C)cn2)c1. The monoisotopic (exact) mass is 272 g/mol. The molecule has 0 saturated carbocycles. The van der Waals surface area contributed by atoms with Gasteiger partial charge in [0.2, 0.25) is 0 Å². The number of hydrogen-bond donors (Lipinski definition) is 1. The Morgan fingerprint density at radius 1 is 1.35 bits per heavy atom. The Bertz CT molecular complexity index is 531.